The fraction of sp³-hybridized carbons (Fsp3) is 0.100. The van der Waals surface area contributed by atoms with Crippen molar-refractivity contribution in [2.75, 3.05) is 0 Å². The summed E-state index contributed by atoms with van der Waals surface area (Å²) < 4.78 is 0. The third-order valence-electron chi connectivity index (χ3n) is 3.69. The van der Waals surface area contributed by atoms with E-state index < -0.39 is 0 Å². The highest BCUT2D eigenvalue weighted by Gasteiger charge is 2.06. The second kappa shape index (κ2) is 7.06. The van der Waals surface area contributed by atoms with Gasteiger partial charge in [0.25, 0.3) is 0 Å². The highest BCUT2D eigenvalue weighted by molar-refractivity contribution is 6.07. The number of aliphatic hydroxyl groups is 1. The van der Waals surface area contributed by atoms with Crippen LogP contribution < -0.4 is 0 Å². The molecule has 0 unspecified atom stereocenters. The Morgan fingerprint density at radius 2 is 1.96 bits per heavy atom. The Hall–Kier alpha value is -2.98. The summed E-state index contributed by atoms with van der Waals surface area (Å²) in [6.07, 6.45) is 3.22. The highest BCUT2D eigenvalue weighted by atomic mass is 16.3. The fourth-order valence-corrected chi connectivity index (χ4v) is 2.54. The van der Waals surface area contributed by atoms with E-state index in [1.165, 1.54) is 6.08 Å². The van der Waals surface area contributed by atoms with Gasteiger partial charge in [-0.2, -0.15) is 5.10 Å². The molecule has 24 heavy (non-hydrogen) atoms. The van der Waals surface area contributed by atoms with Crippen molar-refractivity contribution in [1.82, 2.24) is 10.2 Å². The van der Waals surface area contributed by atoms with Gasteiger partial charge < -0.3 is 5.11 Å². The van der Waals surface area contributed by atoms with Crippen LogP contribution in [0.2, 0.25) is 0 Å². The molecule has 0 radical (unpaired) electrons. The first-order chi connectivity index (χ1) is 11.7. The molecule has 0 saturated carbocycles. The van der Waals surface area contributed by atoms with Crippen molar-refractivity contribution >= 4 is 11.9 Å². The zero-order valence-corrected chi connectivity index (χ0v) is 13.4. The van der Waals surface area contributed by atoms with E-state index in [4.69, 9.17) is 0 Å². The lowest BCUT2D eigenvalue weighted by Crippen LogP contribution is -1.97. The molecule has 0 bridgehead atoms. The number of ketones is 1. The molecule has 0 amide bonds. The minimum Gasteiger partial charge on any atom is -0.392 e. The number of hydrogen-bond donors (Lipinski definition) is 2. The van der Waals surface area contributed by atoms with Gasteiger partial charge in [-0.3, -0.25) is 9.89 Å². The minimum absolute atomic E-state index is 0.0767. The van der Waals surface area contributed by atoms with Gasteiger partial charge in [-0.15, -0.1) is 0 Å². The standard InChI is InChI=1S/C20H18N2O2/c1-14-9-15(13-23)11-17(10-14)20(24)8-7-18-12-19(22-21-18)16-5-3-2-4-6-16/h2-12,23H,13H2,1H3,(H,21,22)/b8-7+. The van der Waals surface area contributed by atoms with Crippen molar-refractivity contribution in [3.63, 3.8) is 0 Å². The lowest BCUT2D eigenvalue weighted by molar-refractivity contribution is 0.104. The average molecular weight is 318 g/mol. The molecule has 0 spiro atoms. The van der Waals surface area contributed by atoms with Gasteiger partial charge in [0.2, 0.25) is 0 Å². The van der Waals surface area contributed by atoms with E-state index in [1.807, 2.05) is 55.5 Å². The summed E-state index contributed by atoms with van der Waals surface area (Å²) in [6.45, 7) is 1.83. The second-order valence-corrected chi connectivity index (χ2v) is 5.64. The molecule has 1 aromatic heterocycles. The van der Waals surface area contributed by atoms with E-state index in [0.29, 0.717) is 5.56 Å². The minimum atomic E-state index is -0.107. The van der Waals surface area contributed by atoms with Crippen LogP contribution in [0.15, 0.2) is 60.7 Å². The number of rotatable bonds is 5. The zero-order valence-electron chi connectivity index (χ0n) is 13.4. The third-order valence-corrected chi connectivity index (χ3v) is 3.69. The number of aromatic amines is 1. The molecule has 2 aromatic carbocycles. The lowest BCUT2D eigenvalue weighted by atomic mass is 10.0. The van der Waals surface area contributed by atoms with Crippen LogP contribution in [0.4, 0.5) is 0 Å². The molecule has 0 fully saturated rings. The maximum Gasteiger partial charge on any atom is 0.185 e. The molecule has 2 N–H and O–H groups in total. The third kappa shape index (κ3) is 3.67. The van der Waals surface area contributed by atoms with Crippen molar-refractivity contribution in [2.45, 2.75) is 13.5 Å². The summed E-state index contributed by atoms with van der Waals surface area (Å²) in [5.74, 6) is -0.107. The number of nitrogens with one attached hydrogen (secondary N) is 1. The number of benzene rings is 2. The molecule has 0 atom stereocenters. The molecule has 4 nitrogen and oxygen atoms in total. The SMILES string of the molecule is Cc1cc(CO)cc(C(=O)/C=C/c2cc(-c3ccccc3)n[nH]2)c1. The first-order valence-electron chi connectivity index (χ1n) is 7.70. The highest BCUT2D eigenvalue weighted by Crippen LogP contribution is 2.18. The normalized spacial score (nSPS) is 11.1. The average Bonchev–Trinajstić information content (AvgIpc) is 3.09. The van der Waals surface area contributed by atoms with E-state index in [0.717, 1.165) is 28.1 Å². The molecular formula is C20H18N2O2. The number of allylic oxidation sites excluding steroid dienone is 1. The molecule has 0 aliphatic carbocycles. The number of aliphatic hydroxyl groups excluding tert-OH is 1. The maximum absolute atomic E-state index is 12.3. The molecule has 3 rings (SSSR count). The summed E-state index contributed by atoms with van der Waals surface area (Å²) in [4.78, 5) is 12.3. The van der Waals surface area contributed by atoms with Crippen molar-refractivity contribution in [3.8, 4) is 11.3 Å². The largest absolute Gasteiger partial charge is 0.392 e. The molecule has 0 saturated heterocycles. The predicted octanol–water partition coefficient (Wildman–Crippen LogP) is 3.77. The van der Waals surface area contributed by atoms with Crippen LogP contribution >= 0.6 is 0 Å². The van der Waals surface area contributed by atoms with Crippen molar-refractivity contribution in [1.29, 1.82) is 0 Å². The van der Waals surface area contributed by atoms with Gasteiger partial charge in [-0.05, 0) is 42.8 Å². The van der Waals surface area contributed by atoms with Crippen molar-refractivity contribution in [3.05, 3.63) is 83.1 Å². The van der Waals surface area contributed by atoms with E-state index in [-0.39, 0.29) is 12.4 Å². The van der Waals surface area contributed by atoms with Crippen LogP contribution in [0.1, 0.15) is 27.2 Å². The predicted molar refractivity (Wildman–Crippen MR) is 94.5 cm³/mol. The Morgan fingerprint density at radius 3 is 2.71 bits per heavy atom. The van der Waals surface area contributed by atoms with Crippen molar-refractivity contribution in [2.24, 2.45) is 0 Å². The number of hydrogen-bond acceptors (Lipinski definition) is 3. The molecule has 0 aliphatic rings. The van der Waals surface area contributed by atoms with Crippen LogP contribution in [-0.4, -0.2) is 21.1 Å². The lowest BCUT2D eigenvalue weighted by Gasteiger charge is -2.02. The van der Waals surface area contributed by atoms with Crippen molar-refractivity contribution < 1.29 is 9.90 Å². The Labute approximate surface area is 140 Å². The number of carbonyl (C=O) groups excluding carboxylic acids is 1. The Balaban J connectivity index is 1.78. The summed E-state index contributed by atoms with van der Waals surface area (Å²) in [7, 11) is 0. The Morgan fingerprint density at radius 1 is 1.17 bits per heavy atom. The number of H-pyrrole nitrogens is 1. The van der Waals surface area contributed by atoms with Gasteiger partial charge in [0, 0.05) is 11.1 Å². The van der Waals surface area contributed by atoms with Crippen LogP contribution in [0, 0.1) is 6.92 Å². The van der Waals surface area contributed by atoms with Crippen LogP contribution in [0.5, 0.6) is 0 Å². The smallest absolute Gasteiger partial charge is 0.185 e. The number of aryl methyl sites for hydroxylation is 1. The maximum atomic E-state index is 12.3. The molecule has 3 aromatic rings. The van der Waals surface area contributed by atoms with E-state index >= 15 is 0 Å². The Kier molecular flexibility index (Phi) is 4.68. The van der Waals surface area contributed by atoms with Gasteiger partial charge in [0.15, 0.2) is 5.78 Å². The Bertz CT molecular complexity index is 880. The summed E-state index contributed by atoms with van der Waals surface area (Å²) in [5.41, 5.74) is 4.87. The number of aromatic nitrogens is 2. The van der Waals surface area contributed by atoms with Crippen LogP contribution in [0.3, 0.4) is 0 Å². The van der Waals surface area contributed by atoms with Gasteiger partial charge in [0.05, 0.1) is 18.0 Å². The monoisotopic (exact) mass is 318 g/mol. The molecule has 1 heterocycles. The van der Waals surface area contributed by atoms with Gasteiger partial charge in [0.1, 0.15) is 0 Å². The second-order valence-electron chi connectivity index (χ2n) is 5.64. The topological polar surface area (TPSA) is 66.0 Å². The van der Waals surface area contributed by atoms with E-state index in [2.05, 4.69) is 10.2 Å². The van der Waals surface area contributed by atoms with Gasteiger partial charge in [-0.25, -0.2) is 0 Å². The van der Waals surface area contributed by atoms with Crippen LogP contribution in [-0.2, 0) is 6.61 Å². The fourth-order valence-electron chi connectivity index (χ4n) is 2.54. The summed E-state index contributed by atoms with van der Waals surface area (Å²) in [5, 5.41) is 16.4. The van der Waals surface area contributed by atoms with E-state index in [9.17, 15) is 9.90 Å². The van der Waals surface area contributed by atoms with Gasteiger partial charge >= 0.3 is 0 Å². The first kappa shape index (κ1) is 15.9. The summed E-state index contributed by atoms with van der Waals surface area (Å²) >= 11 is 0. The summed E-state index contributed by atoms with van der Waals surface area (Å²) in [6, 6.07) is 17.1. The molecule has 0 aliphatic heterocycles. The quantitative estimate of drug-likeness (QED) is 0.556. The van der Waals surface area contributed by atoms with Gasteiger partial charge in [-0.1, -0.05) is 42.0 Å². The molecular weight excluding hydrogens is 300 g/mol. The molecule has 120 valence electrons. The number of carbonyl (C=O) groups is 1. The molecule has 4 heteroatoms. The zero-order chi connectivity index (χ0) is 16.9. The first-order valence-corrected chi connectivity index (χ1v) is 7.70. The van der Waals surface area contributed by atoms with Crippen LogP contribution in [0.25, 0.3) is 17.3 Å². The number of nitrogens with zero attached hydrogens (tertiary/aromatic N) is 1. The van der Waals surface area contributed by atoms with E-state index in [1.54, 1.807) is 12.1 Å².